The zero-order valence-electron chi connectivity index (χ0n) is 10.4. The van der Waals surface area contributed by atoms with Crippen molar-refractivity contribution in [3.05, 3.63) is 0 Å². The van der Waals surface area contributed by atoms with Crippen LogP contribution in [0, 0.1) is 5.41 Å². The summed E-state index contributed by atoms with van der Waals surface area (Å²) >= 11 is 0. The van der Waals surface area contributed by atoms with Gasteiger partial charge in [0, 0.05) is 18.6 Å². The summed E-state index contributed by atoms with van der Waals surface area (Å²) in [6.45, 7) is 8.73. The summed E-state index contributed by atoms with van der Waals surface area (Å²) in [7, 11) is 0. The molecular weight excluding hydrogens is 188 g/mol. The highest BCUT2D eigenvalue weighted by Gasteiger charge is 2.34. The third kappa shape index (κ3) is 3.16. The minimum absolute atomic E-state index is 0.194. The van der Waals surface area contributed by atoms with Crippen LogP contribution in [0.5, 0.6) is 0 Å². The summed E-state index contributed by atoms with van der Waals surface area (Å²) in [6.07, 6.45) is 3.59. The molecule has 0 aromatic rings. The Morgan fingerprint density at radius 2 is 2.07 bits per heavy atom. The van der Waals surface area contributed by atoms with Crippen LogP contribution in [0.1, 0.15) is 40.0 Å². The van der Waals surface area contributed by atoms with Gasteiger partial charge in [-0.05, 0) is 24.8 Å². The molecule has 0 aromatic heterocycles. The zero-order valence-corrected chi connectivity index (χ0v) is 10.4. The normalized spacial score (nSPS) is 26.6. The molecule has 0 aliphatic carbocycles. The molecule has 1 heterocycles. The van der Waals surface area contributed by atoms with Crippen LogP contribution >= 0.6 is 0 Å². The van der Waals surface area contributed by atoms with Crippen molar-refractivity contribution in [3.8, 4) is 0 Å². The molecule has 3 heteroatoms. The molecule has 1 saturated heterocycles. The van der Waals surface area contributed by atoms with Crippen LogP contribution < -0.4 is 5.73 Å². The minimum atomic E-state index is 0.194. The molecule has 0 spiro atoms. The maximum atomic E-state index is 9.39. The second kappa shape index (κ2) is 5.28. The van der Waals surface area contributed by atoms with E-state index in [9.17, 15) is 5.11 Å². The van der Waals surface area contributed by atoms with Crippen LogP contribution in [0.2, 0.25) is 0 Å². The van der Waals surface area contributed by atoms with Gasteiger partial charge in [-0.2, -0.15) is 0 Å². The van der Waals surface area contributed by atoms with E-state index in [0.29, 0.717) is 18.6 Å². The lowest BCUT2D eigenvalue weighted by Crippen LogP contribution is -2.55. The van der Waals surface area contributed by atoms with Crippen molar-refractivity contribution >= 4 is 0 Å². The highest BCUT2D eigenvalue weighted by molar-refractivity contribution is 4.89. The summed E-state index contributed by atoms with van der Waals surface area (Å²) < 4.78 is 0. The van der Waals surface area contributed by atoms with Crippen LogP contribution in [0.25, 0.3) is 0 Å². The molecule has 0 radical (unpaired) electrons. The van der Waals surface area contributed by atoms with Gasteiger partial charge in [0.2, 0.25) is 0 Å². The smallest absolute Gasteiger partial charge is 0.0586 e. The average Bonchev–Trinajstić information content (AvgIpc) is 2.17. The Balaban J connectivity index is 2.72. The molecule has 1 fully saturated rings. The standard InChI is InChI=1S/C12H26N2O/c1-12(2,3)11(8-13)14-7-5-4-6-10(14)9-15/h10-11,15H,4-9,13H2,1-3H3. The van der Waals surface area contributed by atoms with Crippen molar-refractivity contribution in [2.24, 2.45) is 11.1 Å². The number of hydrogen-bond donors (Lipinski definition) is 2. The third-order valence-electron chi connectivity index (χ3n) is 3.51. The first-order valence-corrected chi connectivity index (χ1v) is 6.07. The van der Waals surface area contributed by atoms with Crippen LogP contribution in [-0.2, 0) is 0 Å². The number of nitrogens with two attached hydrogens (primary N) is 1. The maximum absolute atomic E-state index is 9.39. The van der Waals surface area contributed by atoms with Gasteiger partial charge in [0.15, 0.2) is 0 Å². The molecule has 1 aliphatic rings. The summed E-state index contributed by atoms with van der Waals surface area (Å²) in [6, 6.07) is 0.710. The Morgan fingerprint density at radius 3 is 2.53 bits per heavy atom. The SMILES string of the molecule is CC(C)(C)C(CN)N1CCCCC1CO. The molecule has 0 aromatic carbocycles. The molecule has 2 unspecified atom stereocenters. The Hall–Kier alpha value is -0.120. The molecule has 3 nitrogen and oxygen atoms in total. The summed E-state index contributed by atoms with van der Waals surface area (Å²) in [5.41, 5.74) is 6.08. The molecule has 90 valence electrons. The second-order valence-electron chi connectivity index (χ2n) is 5.69. The first kappa shape index (κ1) is 12.9. The van der Waals surface area contributed by atoms with E-state index in [1.807, 2.05) is 0 Å². The van der Waals surface area contributed by atoms with Crippen molar-refractivity contribution in [1.82, 2.24) is 4.90 Å². The van der Waals surface area contributed by atoms with Crippen molar-refractivity contribution in [2.75, 3.05) is 19.7 Å². The molecule has 0 bridgehead atoms. The quantitative estimate of drug-likeness (QED) is 0.742. The first-order valence-electron chi connectivity index (χ1n) is 6.07. The third-order valence-corrected chi connectivity index (χ3v) is 3.51. The van der Waals surface area contributed by atoms with Gasteiger partial charge in [0.1, 0.15) is 0 Å². The highest BCUT2D eigenvalue weighted by atomic mass is 16.3. The van der Waals surface area contributed by atoms with E-state index in [1.165, 1.54) is 12.8 Å². The number of piperidine rings is 1. The van der Waals surface area contributed by atoms with Gasteiger partial charge in [-0.15, -0.1) is 0 Å². The van der Waals surface area contributed by atoms with Crippen LogP contribution in [0.4, 0.5) is 0 Å². The van der Waals surface area contributed by atoms with Crippen molar-refractivity contribution in [3.63, 3.8) is 0 Å². The molecule has 0 amide bonds. The Bertz CT molecular complexity index is 189. The molecule has 1 aliphatic heterocycles. The average molecular weight is 214 g/mol. The fourth-order valence-corrected chi connectivity index (χ4v) is 2.62. The summed E-state index contributed by atoms with van der Waals surface area (Å²) in [4.78, 5) is 2.42. The largest absolute Gasteiger partial charge is 0.395 e. The maximum Gasteiger partial charge on any atom is 0.0586 e. The number of rotatable bonds is 3. The molecule has 15 heavy (non-hydrogen) atoms. The predicted octanol–water partition coefficient (Wildman–Crippen LogP) is 1.21. The van der Waals surface area contributed by atoms with Crippen molar-refractivity contribution < 1.29 is 5.11 Å². The van der Waals surface area contributed by atoms with E-state index in [0.717, 1.165) is 13.0 Å². The molecular formula is C12H26N2O. The van der Waals surface area contributed by atoms with Crippen LogP contribution in [0.15, 0.2) is 0 Å². The second-order valence-corrected chi connectivity index (χ2v) is 5.69. The fourth-order valence-electron chi connectivity index (χ4n) is 2.62. The van der Waals surface area contributed by atoms with E-state index in [1.54, 1.807) is 0 Å². The van der Waals surface area contributed by atoms with E-state index in [4.69, 9.17) is 5.73 Å². The van der Waals surface area contributed by atoms with Gasteiger partial charge in [-0.25, -0.2) is 0 Å². The topological polar surface area (TPSA) is 49.5 Å². The zero-order chi connectivity index (χ0) is 11.5. The Morgan fingerprint density at radius 1 is 1.40 bits per heavy atom. The van der Waals surface area contributed by atoms with Gasteiger partial charge >= 0.3 is 0 Å². The minimum Gasteiger partial charge on any atom is -0.395 e. The number of hydrogen-bond acceptors (Lipinski definition) is 3. The molecule has 2 atom stereocenters. The van der Waals surface area contributed by atoms with Gasteiger partial charge in [0.25, 0.3) is 0 Å². The van der Waals surface area contributed by atoms with Crippen LogP contribution in [0.3, 0.4) is 0 Å². The Kier molecular flexibility index (Phi) is 4.56. The van der Waals surface area contributed by atoms with E-state index in [2.05, 4.69) is 25.7 Å². The van der Waals surface area contributed by atoms with Gasteiger partial charge in [-0.3, -0.25) is 4.90 Å². The van der Waals surface area contributed by atoms with E-state index in [-0.39, 0.29) is 12.0 Å². The van der Waals surface area contributed by atoms with Gasteiger partial charge < -0.3 is 10.8 Å². The number of likely N-dealkylation sites (tertiary alicyclic amines) is 1. The molecule has 1 rings (SSSR count). The number of aliphatic hydroxyl groups is 1. The van der Waals surface area contributed by atoms with E-state index >= 15 is 0 Å². The monoisotopic (exact) mass is 214 g/mol. The number of nitrogens with zero attached hydrogens (tertiary/aromatic N) is 1. The lowest BCUT2D eigenvalue weighted by atomic mass is 9.83. The van der Waals surface area contributed by atoms with Gasteiger partial charge in [0.05, 0.1) is 6.61 Å². The first-order chi connectivity index (χ1) is 7.00. The fraction of sp³-hybridized carbons (Fsp3) is 1.00. The molecule has 3 N–H and O–H groups in total. The van der Waals surface area contributed by atoms with Crippen molar-refractivity contribution in [1.29, 1.82) is 0 Å². The lowest BCUT2D eigenvalue weighted by Gasteiger charge is -2.45. The van der Waals surface area contributed by atoms with Crippen molar-refractivity contribution in [2.45, 2.75) is 52.1 Å². The molecule has 0 saturated carbocycles. The number of aliphatic hydroxyl groups excluding tert-OH is 1. The Labute approximate surface area is 93.6 Å². The summed E-state index contributed by atoms with van der Waals surface area (Å²) in [5.74, 6) is 0. The predicted molar refractivity (Wildman–Crippen MR) is 63.7 cm³/mol. The van der Waals surface area contributed by atoms with Gasteiger partial charge in [-0.1, -0.05) is 27.2 Å². The lowest BCUT2D eigenvalue weighted by molar-refractivity contribution is 0.0129. The van der Waals surface area contributed by atoms with Crippen LogP contribution in [-0.4, -0.2) is 41.8 Å². The highest BCUT2D eigenvalue weighted by Crippen LogP contribution is 2.29. The van der Waals surface area contributed by atoms with E-state index < -0.39 is 0 Å². The summed E-state index contributed by atoms with van der Waals surface area (Å²) in [5, 5.41) is 9.39.